The Morgan fingerprint density at radius 3 is 2.43 bits per heavy atom. The third-order valence-corrected chi connectivity index (χ3v) is 3.76. The number of hydrogen-bond acceptors (Lipinski definition) is 4. The van der Waals surface area contributed by atoms with Gasteiger partial charge in [-0.2, -0.15) is 0 Å². The van der Waals surface area contributed by atoms with E-state index in [0.717, 1.165) is 5.56 Å². The highest BCUT2D eigenvalue weighted by Crippen LogP contribution is 2.34. The summed E-state index contributed by atoms with van der Waals surface area (Å²) in [6, 6.07) is 16.9. The minimum Gasteiger partial charge on any atom is -0.489 e. The maximum atomic E-state index is 6.29. The van der Waals surface area contributed by atoms with Gasteiger partial charge in [0.2, 0.25) is 5.95 Å². The summed E-state index contributed by atoms with van der Waals surface area (Å²) >= 11 is 12.5. The zero-order valence-electron chi connectivity index (χ0n) is 12.1. The molecule has 0 atom stereocenters. The van der Waals surface area contributed by atoms with Crippen LogP contribution in [0.25, 0.3) is 0 Å². The first-order valence-corrected chi connectivity index (χ1v) is 7.65. The summed E-state index contributed by atoms with van der Waals surface area (Å²) in [6.45, 7) is 0.464. The third kappa shape index (κ3) is 3.92. The van der Waals surface area contributed by atoms with Crippen LogP contribution < -0.4 is 9.16 Å². The van der Waals surface area contributed by atoms with Gasteiger partial charge in [-0.3, -0.25) is 0 Å². The van der Waals surface area contributed by atoms with Gasteiger partial charge in [-0.1, -0.05) is 41.9 Å². The number of aromatic nitrogens is 2. The van der Waals surface area contributed by atoms with E-state index in [1.807, 2.05) is 30.3 Å². The van der Waals surface area contributed by atoms with Crippen LogP contribution in [-0.4, -0.2) is 9.97 Å². The van der Waals surface area contributed by atoms with Gasteiger partial charge in [-0.25, -0.2) is 14.4 Å². The molecule has 0 unspecified atom stereocenters. The fourth-order valence-electron chi connectivity index (χ4n) is 1.97. The molecule has 3 rings (SSSR count). The highest BCUT2D eigenvalue weighted by Gasteiger charge is 2.14. The van der Waals surface area contributed by atoms with Crippen molar-refractivity contribution >= 4 is 35.0 Å². The summed E-state index contributed by atoms with van der Waals surface area (Å²) in [5, 5.41) is 0.486. The van der Waals surface area contributed by atoms with Crippen molar-refractivity contribution in [2.45, 2.75) is 6.61 Å². The molecule has 1 heterocycles. The van der Waals surface area contributed by atoms with Crippen molar-refractivity contribution < 1.29 is 4.74 Å². The van der Waals surface area contributed by atoms with Crippen LogP contribution in [0.4, 0.5) is 11.6 Å². The average Bonchev–Trinajstić information content (AvgIpc) is 2.62. The van der Waals surface area contributed by atoms with Gasteiger partial charge in [0.25, 0.3) is 0 Å². The van der Waals surface area contributed by atoms with Gasteiger partial charge in [0, 0.05) is 30.2 Å². The van der Waals surface area contributed by atoms with E-state index in [1.165, 1.54) is 4.42 Å². The number of anilines is 2. The Kier molecular flexibility index (Phi) is 4.95. The molecule has 0 radical (unpaired) electrons. The minimum absolute atomic E-state index is 0.344. The molecule has 0 aliphatic rings. The Morgan fingerprint density at radius 2 is 1.70 bits per heavy atom. The van der Waals surface area contributed by atoms with Gasteiger partial charge in [0.05, 0.1) is 10.7 Å². The fraction of sp³-hybridized carbons (Fsp3) is 0.0588. The lowest BCUT2D eigenvalue weighted by Crippen LogP contribution is -2.07. The molecule has 0 N–H and O–H groups in total. The van der Waals surface area contributed by atoms with E-state index < -0.39 is 0 Å². The quantitative estimate of drug-likeness (QED) is 0.610. The lowest BCUT2D eigenvalue weighted by atomic mass is 10.2. The molecule has 0 aliphatic carbocycles. The predicted octanol–water partition coefficient (Wildman–Crippen LogP) is 5.00. The number of halogens is 2. The van der Waals surface area contributed by atoms with Crippen molar-refractivity contribution in [1.29, 1.82) is 0 Å². The van der Waals surface area contributed by atoms with Crippen LogP contribution in [0.5, 0.6) is 5.75 Å². The third-order valence-electron chi connectivity index (χ3n) is 3.11. The number of rotatable bonds is 5. The number of benzene rings is 2. The maximum Gasteiger partial charge on any atom is 0.245 e. The molecule has 0 saturated carbocycles. The Hall–Kier alpha value is -2.30. The van der Waals surface area contributed by atoms with E-state index in [4.69, 9.17) is 28.1 Å². The van der Waals surface area contributed by atoms with Crippen LogP contribution in [0.1, 0.15) is 5.56 Å². The van der Waals surface area contributed by atoms with Crippen molar-refractivity contribution in [3.05, 3.63) is 77.6 Å². The van der Waals surface area contributed by atoms with Crippen LogP contribution in [0, 0.1) is 0 Å². The first kappa shape index (κ1) is 15.6. The second kappa shape index (κ2) is 7.31. The lowest BCUT2D eigenvalue weighted by Gasteiger charge is -2.16. The maximum absolute atomic E-state index is 6.29. The molecule has 23 heavy (non-hydrogen) atoms. The number of hydrogen-bond donors (Lipinski definition) is 0. The van der Waals surface area contributed by atoms with Crippen molar-refractivity contribution in [2.75, 3.05) is 4.42 Å². The van der Waals surface area contributed by atoms with Crippen LogP contribution in [0.2, 0.25) is 5.02 Å². The lowest BCUT2D eigenvalue weighted by molar-refractivity contribution is 0.306. The monoisotopic (exact) mass is 345 g/mol. The second-order valence-corrected chi connectivity index (χ2v) is 5.46. The van der Waals surface area contributed by atoms with E-state index in [9.17, 15) is 0 Å². The zero-order valence-corrected chi connectivity index (χ0v) is 13.6. The smallest absolute Gasteiger partial charge is 0.245 e. The molecule has 4 nitrogen and oxygen atoms in total. The normalized spacial score (nSPS) is 10.3. The van der Waals surface area contributed by atoms with Crippen molar-refractivity contribution in [3.8, 4) is 5.75 Å². The second-order valence-electron chi connectivity index (χ2n) is 4.72. The van der Waals surface area contributed by atoms with Crippen LogP contribution >= 0.6 is 23.4 Å². The van der Waals surface area contributed by atoms with Gasteiger partial charge in [0.1, 0.15) is 12.4 Å². The summed E-state index contributed by atoms with van der Waals surface area (Å²) in [6.07, 6.45) is 3.22. The summed E-state index contributed by atoms with van der Waals surface area (Å²) < 4.78 is 7.09. The molecule has 0 saturated heterocycles. The first-order chi connectivity index (χ1) is 11.2. The molecule has 0 fully saturated rings. The van der Waals surface area contributed by atoms with Crippen LogP contribution in [0.3, 0.4) is 0 Å². The highest BCUT2D eigenvalue weighted by molar-refractivity contribution is 6.37. The topological polar surface area (TPSA) is 38.2 Å². The largest absolute Gasteiger partial charge is 0.489 e. The molecular weight excluding hydrogens is 333 g/mol. The predicted molar refractivity (Wildman–Crippen MR) is 92.3 cm³/mol. The Balaban J connectivity index is 1.79. The van der Waals surface area contributed by atoms with E-state index in [2.05, 4.69) is 9.97 Å². The van der Waals surface area contributed by atoms with Gasteiger partial charge in [-0.05, 0) is 23.8 Å². The van der Waals surface area contributed by atoms with Gasteiger partial charge >= 0.3 is 0 Å². The SMILES string of the molecule is Clc1ccc(OCc2ccccc2)cc1N(Cl)c1ncccn1. The molecule has 0 spiro atoms. The van der Waals surface area contributed by atoms with Crippen molar-refractivity contribution in [1.82, 2.24) is 9.97 Å². The molecule has 1 aromatic heterocycles. The molecule has 0 amide bonds. The summed E-state index contributed by atoms with van der Waals surface area (Å²) in [7, 11) is 0. The Morgan fingerprint density at radius 1 is 0.957 bits per heavy atom. The fourth-order valence-corrected chi connectivity index (χ4v) is 2.45. The van der Waals surface area contributed by atoms with Crippen LogP contribution in [-0.2, 0) is 6.61 Å². The number of ether oxygens (including phenoxy) is 1. The standard InChI is InChI=1S/C17H13Cl2N3O/c18-15-8-7-14(23-12-13-5-2-1-3-6-13)11-16(15)22(19)17-20-9-4-10-21-17/h1-11H,12H2. The minimum atomic E-state index is 0.344. The molecule has 116 valence electrons. The van der Waals surface area contributed by atoms with E-state index in [0.29, 0.717) is 29.0 Å². The average molecular weight is 346 g/mol. The molecule has 2 aromatic carbocycles. The number of nitrogens with zero attached hydrogens (tertiary/aromatic N) is 3. The molecule has 3 aromatic rings. The zero-order chi connectivity index (χ0) is 16.1. The van der Waals surface area contributed by atoms with E-state index >= 15 is 0 Å². The van der Waals surface area contributed by atoms with Gasteiger partial charge in [0.15, 0.2) is 0 Å². The van der Waals surface area contributed by atoms with Gasteiger partial charge in [-0.15, -0.1) is 0 Å². The van der Waals surface area contributed by atoms with E-state index in [-0.39, 0.29) is 0 Å². The van der Waals surface area contributed by atoms with Crippen molar-refractivity contribution in [3.63, 3.8) is 0 Å². The summed E-state index contributed by atoms with van der Waals surface area (Å²) in [4.78, 5) is 8.21. The molecule has 0 bridgehead atoms. The van der Waals surface area contributed by atoms with E-state index in [1.54, 1.807) is 36.7 Å². The molecule has 6 heteroatoms. The van der Waals surface area contributed by atoms with Gasteiger partial charge < -0.3 is 4.74 Å². The van der Waals surface area contributed by atoms with Crippen LogP contribution in [0.15, 0.2) is 67.0 Å². The molecule has 0 aliphatic heterocycles. The Bertz CT molecular complexity index is 769. The Labute approximate surface area is 144 Å². The summed E-state index contributed by atoms with van der Waals surface area (Å²) in [5.74, 6) is 1.01. The van der Waals surface area contributed by atoms with Crippen molar-refractivity contribution in [2.24, 2.45) is 0 Å². The summed E-state index contributed by atoms with van der Waals surface area (Å²) in [5.41, 5.74) is 1.64. The highest BCUT2D eigenvalue weighted by atomic mass is 35.5. The molecular formula is C17H13Cl2N3O. The first-order valence-electron chi connectivity index (χ1n) is 6.93.